The quantitative estimate of drug-likeness (QED) is 0.766. The van der Waals surface area contributed by atoms with Gasteiger partial charge in [-0.2, -0.15) is 0 Å². The molecule has 2 aliphatic rings. The molecule has 0 aliphatic carbocycles. The molecule has 0 amide bonds. The fraction of sp³-hybridized carbons (Fsp3) is 0.318. The predicted molar refractivity (Wildman–Crippen MR) is 106 cm³/mol. The lowest BCUT2D eigenvalue weighted by molar-refractivity contribution is 0.101. The molecule has 1 N–H and O–H groups in total. The fourth-order valence-electron chi connectivity index (χ4n) is 3.63. The Bertz CT molecular complexity index is 914. The number of ketones is 1. The number of benzene rings is 2. The third-order valence-electron chi connectivity index (χ3n) is 5.37. The Morgan fingerprint density at radius 2 is 1.96 bits per heavy atom. The molecule has 2 aliphatic heterocycles. The van der Waals surface area contributed by atoms with Gasteiger partial charge in [0.05, 0.1) is 11.1 Å². The number of phenolic OH excluding ortho intramolecular Hbond substituents is 1. The number of aromatic hydroxyl groups is 1. The first-order chi connectivity index (χ1) is 13.0. The molecule has 2 aromatic carbocycles. The van der Waals surface area contributed by atoms with Crippen LogP contribution < -0.4 is 4.74 Å². The Morgan fingerprint density at radius 1 is 1.22 bits per heavy atom. The number of likely N-dealkylation sites (tertiary alicyclic amines) is 1. The van der Waals surface area contributed by atoms with Crippen LogP contribution in [0.2, 0.25) is 5.02 Å². The number of hydrogen-bond acceptors (Lipinski definition) is 4. The molecule has 4 nitrogen and oxygen atoms in total. The number of nitrogens with zero attached hydrogens (tertiary/aromatic N) is 1. The van der Waals surface area contributed by atoms with Crippen molar-refractivity contribution < 1.29 is 14.6 Å². The number of fused-ring (bicyclic) bond motifs is 1. The van der Waals surface area contributed by atoms with Crippen LogP contribution in [0.4, 0.5) is 0 Å². The van der Waals surface area contributed by atoms with Gasteiger partial charge in [-0.1, -0.05) is 36.7 Å². The van der Waals surface area contributed by atoms with Crippen LogP contribution in [-0.4, -0.2) is 28.9 Å². The van der Waals surface area contributed by atoms with Gasteiger partial charge in [-0.25, -0.2) is 0 Å². The molecule has 0 spiro atoms. The van der Waals surface area contributed by atoms with E-state index < -0.39 is 0 Å². The van der Waals surface area contributed by atoms with Crippen molar-refractivity contribution in [3.8, 4) is 11.5 Å². The molecule has 1 saturated heterocycles. The molecular formula is C22H22ClNO3. The van der Waals surface area contributed by atoms with E-state index >= 15 is 0 Å². The average molecular weight is 384 g/mol. The first-order valence-electron chi connectivity index (χ1n) is 9.29. The highest BCUT2D eigenvalue weighted by Crippen LogP contribution is 2.40. The maximum absolute atomic E-state index is 12.8. The lowest BCUT2D eigenvalue weighted by atomic mass is 9.98. The van der Waals surface area contributed by atoms with Gasteiger partial charge < -0.3 is 9.84 Å². The van der Waals surface area contributed by atoms with Crippen molar-refractivity contribution >= 4 is 23.5 Å². The number of piperidine rings is 1. The van der Waals surface area contributed by atoms with Crippen LogP contribution >= 0.6 is 11.6 Å². The molecule has 140 valence electrons. The van der Waals surface area contributed by atoms with E-state index in [1.54, 1.807) is 24.3 Å². The largest absolute Gasteiger partial charge is 0.507 e. The van der Waals surface area contributed by atoms with Crippen LogP contribution in [-0.2, 0) is 6.54 Å². The number of hydrogen-bond donors (Lipinski definition) is 1. The summed E-state index contributed by atoms with van der Waals surface area (Å²) < 4.78 is 5.92. The number of carbonyl (C=O) groups is 1. The number of Topliss-reactive ketones (excluding diaryl/α,β-unsaturated/α-hetero) is 1. The second kappa shape index (κ2) is 7.37. The van der Waals surface area contributed by atoms with E-state index in [9.17, 15) is 9.90 Å². The van der Waals surface area contributed by atoms with Crippen LogP contribution in [0.3, 0.4) is 0 Å². The van der Waals surface area contributed by atoms with Crippen molar-refractivity contribution in [1.29, 1.82) is 0 Å². The first kappa shape index (κ1) is 18.1. The highest BCUT2D eigenvalue weighted by atomic mass is 35.5. The van der Waals surface area contributed by atoms with Gasteiger partial charge in [0.15, 0.2) is 5.76 Å². The summed E-state index contributed by atoms with van der Waals surface area (Å²) in [5.41, 5.74) is 1.90. The minimum Gasteiger partial charge on any atom is -0.507 e. The minimum atomic E-state index is -0.182. The molecule has 0 radical (unpaired) electrons. The highest BCUT2D eigenvalue weighted by molar-refractivity contribution is 6.32. The van der Waals surface area contributed by atoms with Crippen molar-refractivity contribution in [2.75, 3.05) is 13.1 Å². The molecule has 2 heterocycles. The van der Waals surface area contributed by atoms with Gasteiger partial charge in [-0.15, -0.1) is 0 Å². The first-order valence-corrected chi connectivity index (χ1v) is 9.66. The minimum absolute atomic E-state index is 0.166. The predicted octanol–water partition coefficient (Wildman–Crippen LogP) is 4.89. The number of phenols is 1. The fourth-order valence-corrected chi connectivity index (χ4v) is 3.82. The Balaban J connectivity index is 1.64. The summed E-state index contributed by atoms with van der Waals surface area (Å²) >= 11 is 6.20. The second-order valence-corrected chi connectivity index (χ2v) is 7.77. The van der Waals surface area contributed by atoms with Crippen LogP contribution in [0.5, 0.6) is 11.5 Å². The van der Waals surface area contributed by atoms with Crippen molar-refractivity contribution in [1.82, 2.24) is 4.90 Å². The molecular weight excluding hydrogens is 362 g/mol. The van der Waals surface area contributed by atoms with Crippen molar-refractivity contribution in [2.24, 2.45) is 5.92 Å². The van der Waals surface area contributed by atoms with Gasteiger partial charge >= 0.3 is 0 Å². The topological polar surface area (TPSA) is 49.8 Å². The van der Waals surface area contributed by atoms with E-state index in [2.05, 4.69) is 11.8 Å². The van der Waals surface area contributed by atoms with Gasteiger partial charge in [-0.05, 0) is 61.7 Å². The van der Waals surface area contributed by atoms with E-state index in [-0.39, 0.29) is 17.3 Å². The summed E-state index contributed by atoms with van der Waals surface area (Å²) in [5.74, 6) is 1.42. The number of ether oxygens (including phenoxy) is 1. The normalized spacial score (nSPS) is 19.3. The zero-order valence-corrected chi connectivity index (χ0v) is 16.0. The summed E-state index contributed by atoms with van der Waals surface area (Å²) in [6.07, 6.45) is 3.95. The summed E-state index contributed by atoms with van der Waals surface area (Å²) in [4.78, 5) is 15.1. The molecule has 27 heavy (non-hydrogen) atoms. The van der Waals surface area contributed by atoms with Gasteiger partial charge in [-0.3, -0.25) is 9.69 Å². The lowest BCUT2D eigenvalue weighted by Crippen LogP contribution is -2.32. The molecule has 5 heteroatoms. The molecule has 4 rings (SSSR count). The molecule has 0 unspecified atom stereocenters. The smallest absolute Gasteiger partial charge is 0.231 e. The molecule has 0 saturated carbocycles. The van der Waals surface area contributed by atoms with Gasteiger partial charge in [0, 0.05) is 11.6 Å². The van der Waals surface area contributed by atoms with Gasteiger partial charge in [0.25, 0.3) is 0 Å². The number of rotatable bonds is 3. The van der Waals surface area contributed by atoms with Crippen LogP contribution in [0, 0.1) is 5.92 Å². The standard InChI is InChI=1S/C22H22ClNO3/c1-14-8-10-24(11-9-14)13-17-19(25)7-6-16-21(26)20(27-22(16)17)12-15-4-2-3-5-18(15)23/h2-7,12,14,25H,8-11,13H2,1H3/b20-12-. The number of carbonyl (C=O) groups excluding carboxylic acids is 1. The number of allylic oxidation sites excluding steroid dienone is 1. The maximum Gasteiger partial charge on any atom is 0.231 e. The second-order valence-electron chi connectivity index (χ2n) is 7.36. The van der Waals surface area contributed by atoms with Gasteiger partial charge in [0.2, 0.25) is 5.78 Å². The van der Waals surface area contributed by atoms with Crippen LogP contribution in [0.1, 0.15) is 41.3 Å². The SMILES string of the molecule is CC1CCN(Cc2c(O)ccc3c2O/C(=C\c2ccccc2Cl)C3=O)CC1. The summed E-state index contributed by atoms with van der Waals surface area (Å²) in [6.45, 7) is 4.82. The average Bonchev–Trinajstić information content (AvgIpc) is 2.97. The van der Waals surface area contributed by atoms with E-state index in [1.165, 1.54) is 0 Å². The van der Waals surface area contributed by atoms with Gasteiger partial charge in [0.1, 0.15) is 11.5 Å². The lowest BCUT2D eigenvalue weighted by Gasteiger charge is -2.30. The zero-order chi connectivity index (χ0) is 19.0. The third kappa shape index (κ3) is 3.60. The van der Waals surface area contributed by atoms with Crippen LogP contribution in [0.15, 0.2) is 42.2 Å². The van der Waals surface area contributed by atoms with Crippen molar-refractivity contribution in [3.63, 3.8) is 0 Å². The highest BCUT2D eigenvalue weighted by Gasteiger charge is 2.32. The molecule has 0 atom stereocenters. The Labute approximate surface area is 164 Å². The molecule has 0 aromatic heterocycles. The van der Waals surface area contributed by atoms with E-state index in [1.807, 2.05) is 18.2 Å². The van der Waals surface area contributed by atoms with Crippen molar-refractivity contribution in [2.45, 2.75) is 26.3 Å². The zero-order valence-electron chi connectivity index (χ0n) is 15.2. The van der Waals surface area contributed by atoms with Crippen molar-refractivity contribution in [3.05, 3.63) is 63.9 Å². The Kier molecular flexibility index (Phi) is 4.94. The monoisotopic (exact) mass is 383 g/mol. The molecule has 1 fully saturated rings. The van der Waals surface area contributed by atoms with Crippen LogP contribution in [0.25, 0.3) is 6.08 Å². The maximum atomic E-state index is 12.8. The Morgan fingerprint density at radius 3 is 2.70 bits per heavy atom. The third-order valence-corrected chi connectivity index (χ3v) is 5.71. The van der Waals surface area contributed by atoms with E-state index in [0.717, 1.165) is 37.4 Å². The number of halogens is 1. The molecule has 0 bridgehead atoms. The van der Waals surface area contributed by atoms with E-state index in [0.29, 0.717) is 28.4 Å². The summed E-state index contributed by atoms with van der Waals surface area (Å²) in [6, 6.07) is 10.5. The molecule has 2 aromatic rings. The summed E-state index contributed by atoms with van der Waals surface area (Å²) in [7, 11) is 0. The van der Waals surface area contributed by atoms with E-state index in [4.69, 9.17) is 16.3 Å². The summed E-state index contributed by atoms with van der Waals surface area (Å²) in [5, 5.41) is 11.0. The Hall–Kier alpha value is -2.30.